The minimum atomic E-state index is -3.34. The Morgan fingerprint density at radius 2 is 1.85 bits per heavy atom. The van der Waals surface area contributed by atoms with E-state index >= 15 is 0 Å². The average molecular weight is 388 g/mol. The lowest BCUT2D eigenvalue weighted by Crippen LogP contribution is -2.50. The Bertz CT molecular complexity index is 781. The molecule has 9 heteroatoms. The van der Waals surface area contributed by atoms with Crippen molar-refractivity contribution in [2.45, 2.75) is 31.3 Å². The molecule has 2 aliphatic heterocycles. The molecule has 1 amide bonds. The van der Waals surface area contributed by atoms with Crippen LogP contribution in [0.25, 0.3) is 0 Å². The minimum absolute atomic E-state index is 0.0631. The van der Waals surface area contributed by atoms with Crippen molar-refractivity contribution in [2.75, 3.05) is 32.6 Å². The first-order chi connectivity index (χ1) is 12.3. The van der Waals surface area contributed by atoms with Crippen LogP contribution >= 0.6 is 0 Å². The van der Waals surface area contributed by atoms with Gasteiger partial charge in [0.1, 0.15) is 0 Å². The highest BCUT2D eigenvalue weighted by Gasteiger charge is 2.38. The topological polar surface area (TPSA) is 66.9 Å². The summed E-state index contributed by atoms with van der Waals surface area (Å²) in [6, 6.07) is 2.67. The Hall–Kier alpha value is -1.58. The molecule has 6 nitrogen and oxygen atoms in total. The Balaban J connectivity index is 1.88. The number of hydrogen-bond donors (Lipinski definition) is 0. The third-order valence-electron chi connectivity index (χ3n) is 4.97. The van der Waals surface area contributed by atoms with Crippen LogP contribution in [0.3, 0.4) is 0 Å². The summed E-state index contributed by atoms with van der Waals surface area (Å²) in [5.74, 6) is -2.49. The predicted molar refractivity (Wildman–Crippen MR) is 91.2 cm³/mol. The molecule has 2 heterocycles. The molecular formula is C17H22F2N2O4S. The number of amides is 1. The highest BCUT2D eigenvalue weighted by Crippen LogP contribution is 2.27. The van der Waals surface area contributed by atoms with Gasteiger partial charge in [0.15, 0.2) is 11.6 Å². The number of ether oxygens (including phenoxy) is 1. The Morgan fingerprint density at radius 3 is 2.42 bits per heavy atom. The summed E-state index contributed by atoms with van der Waals surface area (Å²) >= 11 is 0. The van der Waals surface area contributed by atoms with Crippen LogP contribution in [-0.4, -0.2) is 68.2 Å². The van der Waals surface area contributed by atoms with Crippen LogP contribution in [0.1, 0.15) is 29.6 Å². The molecule has 0 saturated carbocycles. The van der Waals surface area contributed by atoms with Crippen LogP contribution in [0.5, 0.6) is 0 Å². The fourth-order valence-electron chi connectivity index (χ4n) is 3.61. The second-order valence-electron chi connectivity index (χ2n) is 6.75. The molecule has 2 aliphatic rings. The summed E-state index contributed by atoms with van der Waals surface area (Å²) in [5, 5.41) is 0. The van der Waals surface area contributed by atoms with Gasteiger partial charge in [0.25, 0.3) is 5.91 Å². The Kier molecular flexibility index (Phi) is 5.59. The highest BCUT2D eigenvalue weighted by molar-refractivity contribution is 7.88. The second kappa shape index (κ2) is 7.58. The summed E-state index contributed by atoms with van der Waals surface area (Å²) in [4.78, 5) is 14.7. The van der Waals surface area contributed by atoms with E-state index in [0.717, 1.165) is 18.4 Å². The lowest BCUT2D eigenvalue weighted by atomic mass is 10.0. The molecule has 26 heavy (non-hydrogen) atoms. The normalized spacial score (nSPS) is 22.5. The quantitative estimate of drug-likeness (QED) is 0.786. The lowest BCUT2D eigenvalue weighted by Gasteiger charge is -2.38. The molecule has 1 atom stereocenters. The van der Waals surface area contributed by atoms with Gasteiger partial charge < -0.3 is 9.64 Å². The number of sulfonamides is 1. The van der Waals surface area contributed by atoms with Crippen LogP contribution in [0.4, 0.5) is 8.78 Å². The Labute approximate surface area is 151 Å². The van der Waals surface area contributed by atoms with Crippen molar-refractivity contribution in [3.8, 4) is 0 Å². The lowest BCUT2D eigenvalue weighted by molar-refractivity contribution is 0.0179. The standard InChI is InChI=1S/C17H22F2N2O4S/c1-26(23,24)20-7-4-14(11-20)21(13-5-8-25-9-6-13)17(22)12-2-3-15(18)16(19)10-12/h2-3,10,13-14H,4-9,11H2,1H3. The largest absolute Gasteiger partial charge is 0.381 e. The minimum Gasteiger partial charge on any atom is -0.381 e. The number of benzene rings is 1. The fourth-order valence-corrected chi connectivity index (χ4v) is 4.49. The molecule has 0 aliphatic carbocycles. The molecular weight excluding hydrogens is 366 g/mol. The van der Waals surface area contributed by atoms with Crippen LogP contribution in [0, 0.1) is 11.6 Å². The van der Waals surface area contributed by atoms with Gasteiger partial charge >= 0.3 is 0 Å². The monoisotopic (exact) mass is 388 g/mol. The van der Waals surface area contributed by atoms with Crippen molar-refractivity contribution < 1.29 is 26.7 Å². The van der Waals surface area contributed by atoms with Crippen LogP contribution < -0.4 is 0 Å². The zero-order valence-corrected chi connectivity index (χ0v) is 15.3. The van der Waals surface area contributed by atoms with Gasteiger partial charge in [0, 0.05) is 44.0 Å². The van der Waals surface area contributed by atoms with Gasteiger partial charge in [-0.1, -0.05) is 0 Å². The van der Waals surface area contributed by atoms with Gasteiger partial charge in [0.05, 0.1) is 6.26 Å². The van der Waals surface area contributed by atoms with E-state index in [1.54, 1.807) is 4.90 Å². The molecule has 144 valence electrons. The SMILES string of the molecule is CS(=O)(=O)N1CCC(N(C(=O)c2ccc(F)c(F)c2)C2CCOCC2)C1. The van der Waals surface area contributed by atoms with E-state index in [0.29, 0.717) is 39.0 Å². The van der Waals surface area contributed by atoms with Crippen molar-refractivity contribution in [1.29, 1.82) is 0 Å². The number of halogens is 2. The van der Waals surface area contributed by atoms with Gasteiger partial charge in [-0.25, -0.2) is 21.5 Å². The molecule has 3 rings (SSSR count). The predicted octanol–water partition coefficient (Wildman–Crippen LogP) is 1.62. The van der Waals surface area contributed by atoms with Gasteiger partial charge in [-0.3, -0.25) is 4.79 Å². The van der Waals surface area contributed by atoms with E-state index in [2.05, 4.69) is 0 Å². The van der Waals surface area contributed by atoms with E-state index in [9.17, 15) is 22.0 Å². The van der Waals surface area contributed by atoms with Crippen molar-refractivity contribution in [3.05, 3.63) is 35.4 Å². The Morgan fingerprint density at radius 1 is 1.15 bits per heavy atom. The molecule has 0 aromatic heterocycles. The van der Waals surface area contributed by atoms with E-state index in [1.165, 1.54) is 10.4 Å². The number of hydrogen-bond acceptors (Lipinski definition) is 4. The molecule has 1 aromatic rings. The second-order valence-corrected chi connectivity index (χ2v) is 8.73. The summed E-state index contributed by atoms with van der Waals surface area (Å²) in [6.45, 7) is 1.57. The molecule has 0 bridgehead atoms. The summed E-state index contributed by atoms with van der Waals surface area (Å²) in [5.41, 5.74) is 0.0631. The fraction of sp³-hybridized carbons (Fsp3) is 0.588. The number of carbonyl (C=O) groups excluding carboxylic acids is 1. The molecule has 2 fully saturated rings. The first-order valence-corrected chi connectivity index (χ1v) is 10.4. The van der Waals surface area contributed by atoms with E-state index in [1.807, 2.05) is 0 Å². The molecule has 1 aromatic carbocycles. The molecule has 2 saturated heterocycles. The zero-order valence-electron chi connectivity index (χ0n) is 14.5. The first kappa shape index (κ1) is 19.2. The molecule has 0 N–H and O–H groups in total. The number of carbonyl (C=O) groups is 1. The maximum absolute atomic E-state index is 13.6. The maximum atomic E-state index is 13.6. The van der Waals surface area contributed by atoms with E-state index < -0.39 is 27.6 Å². The van der Waals surface area contributed by atoms with E-state index in [-0.39, 0.29) is 24.2 Å². The van der Waals surface area contributed by atoms with Gasteiger partial charge in [-0.05, 0) is 37.5 Å². The maximum Gasteiger partial charge on any atom is 0.254 e. The van der Waals surface area contributed by atoms with E-state index in [4.69, 9.17) is 4.74 Å². The smallest absolute Gasteiger partial charge is 0.254 e. The first-order valence-electron chi connectivity index (χ1n) is 8.58. The molecule has 0 spiro atoms. The summed E-state index contributed by atoms with van der Waals surface area (Å²) < 4.78 is 57.1. The van der Waals surface area contributed by atoms with Crippen molar-refractivity contribution in [2.24, 2.45) is 0 Å². The summed E-state index contributed by atoms with van der Waals surface area (Å²) in [6.07, 6.45) is 2.92. The van der Waals surface area contributed by atoms with Gasteiger partial charge in [0.2, 0.25) is 10.0 Å². The van der Waals surface area contributed by atoms with Gasteiger partial charge in [-0.2, -0.15) is 0 Å². The third kappa shape index (κ3) is 4.05. The van der Waals surface area contributed by atoms with Crippen LogP contribution in [-0.2, 0) is 14.8 Å². The number of rotatable bonds is 4. The number of nitrogens with zero attached hydrogens (tertiary/aromatic N) is 2. The van der Waals surface area contributed by atoms with Gasteiger partial charge in [-0.15, -0.1) is 0 Å². The third-order valence-corrected chi connectivity index (χ3v) is 6.24. The van der Waals surface area contributed by atoms with Crippen molar-refractivity contribution >= 4 is 15.9 Å². The molecule has 1 unspecified atom stereocenters. The van der Waals surface area contributed by atoms with Crippen molar-refractivity contribution in [3.63, 3.8) is 0 Å². The zero-order chi connectivity index (χ0) is 18.9. The average Bonchev–Trinajstić information content (AvgIpc) is 3.08. The van der Waals surface area contributed by atoms with Crippen molar-refractivity contribution in [1.82, 2.24) is 9.21 Å². The summed E-state index contributed by atoms with van der Waals surface area (Å²) in [7, 11) is -3.34. The highest BCUT2D eigenvalue weighted by atomic mass is 32.2. The molecule has 0 radical (unpaired) electrons. The van der Waals surface area contributed by atoms with Crippen LogP contribution in [0.2, 0.25) is 0 Å². The van der Waals surface area contributed by atoms with Crippen LogP contribution in [0.15, 0.2) is 18.2 Å².